The molecule has 0 saturated heterocycles. The summed E-state index contributed by atoms with van der Waals surface area (Å²) in [7, 11) is 0. The van der Waals surface area contributed by atoms with Crippen molar-refractivity contribution in [3.05, 3.63) is 57.9 Å². The van der Waals surface area contributed by atoms with Crippen LogP contribution in [0.2, 0.25) is 0 Å². The Labute approximate surface area is 237 Å². The molecule has 216 valence electrons. The van der Waals surface area contributed by atoms with Gasteiger partial charge in [0.05, 0.1) is 5.41 Å². The summed E-state index contributed by atoms with van der Waals surface area (Å²) in [6, 6.07) is 0. The molecule has 0 radical (unpaired) electrons. The van der Waals surface area contributed by atoms with Crippen LogP contribution in [0.5, 0.6) is 0 Å². The van der Waals surface area contributed by atoms with E-state index in [1.165, 1.54) is 5.57 Å². The Morgan fingerprint density at radius 3 is 1.97 bits per heavy atom. The minimum atomic E-state index is -1.80. The van der Waals surface area contributed by atoms with Gasteiger partial charge in [-0.25, -0.2) is 0 Å². The number of carbonyl (C=O) groups excluding carboxylic acids is 3. The highest BCUT2D eigenvalue weighted by atomic mass is 16.3. The van der Waals surface area contributed by atoms with E-state index in [1.54, 1.807) is 0 Å². The number of Topliss-reactive ketones (excluding diaryl/α,β-unsaturated/α-hetero) is 3. The molecule has 1 saturated carbocycles. The lowest BCUT2D eigenvalue weighted by Gasteiger charge is -2.61. The van der Waals surface area contributed by atoms with Crippen LogP contribution in [0.3, 0.4) is 0 Å². The molecule has 2 aliphatic rings. The summed E-state index contributed by atoms with van der Waals surface area (Å²) < 4.78 is 0. The molecule has 39 heavy (non-hydrogen) atoms. The van der Waals surface area contributed by atoms with Crippen LogP contribution < -0.4 is 0 Å². The van der Waals surface area contributed by atoms with Crippen molar-refractivity contribution in [3.63, 3.8) is 0 Å². The van der Waals surface area contributed by atoms with Crippen molar-refractivity contribution in [1.82, 2.24) is 0 Å². The van der Waals surface area contributed by atoms with Crippen LogP contribution in [0.4, 0.5) is 0 Å². The molecule has 0 heterocycles. The molecular formula is C35H52O4. The van der Waals surface area contributed by atoms with E-state index >= 15 is 0 Å². The number of rotatable bonds is 12. The summed E-state index contributed by atoms with van der Waals surface area (Å²) in [5.41, 5.74) is 0.671. The van der Waals surface area contributed by atoms with Crippen LogP contribution in [0, 0.1) is 22.2 Å². The third-order valence-electron chi connectivity index (χ3n) is 8.98. The van der Waals surface area contributed by atoms with Gasteiger partial charge in [-0.1, -0.05) is 60.4 Å². The zero-order chi connectivity index (χ0) is 29.8. The van der Waals surface area contributed by atoms with Gasteiger partial charge in [0.2, 0.25) is 0 Å². The number of carbonyl (C=O) groups is 3. The third kappa shape index (κ3) is 6.00. The van der Waals surface area contributed by atoms with E-state index < -0.39 is 22.0 Å². The van der Waals surface area contributed by atoms with Crippen molar-refractivity contribution in [2.45, 2.75) is 121 Å². The number of fused-ring (bicyclic) bond motifs is 2. The Balaban J connectivity index is 3.06. The van der Waals surface area contributed by atoms with E-state index in [-0.39, 0.29) is 41.7 Å². The molecule has 2 rings (SSSR count). The van der Waals surface area contributed by atoms with Gasteiger partial charge < -0.3 is 5.11 Å². The molecule has 4 heteroatoms. The number of aliphatic hydroxyl groups excluding tert-OH is 1. The average Bonchev–Trinajstić information content (AvgIpc) is 2.82. The molecule has 2 bridgehead atoms. The lowest BCUT2D eigenvalue weighted by atomic mass is 9.38. The highest BCUT2D eigenvalue weighted by Gasteiger charge is 2.75. The summed E-state index contributed by atoms with van der Waals surface area (Å²) in [6.45, 7) is 20.0. The number of hydrogen-bond donors (Lipinski definition) is 1. The standard InChI is InChI=1S/C35H52O4/c1-11-13-29(36)35-31(38)28(18-16-25(6)7)30(37)34(32(35)39,21-19-26(8)9)22-27(17-15-24(4)5)33(35,10)20-12-14-23(2)3/h14-16,19,27,37H,11-13,17-18,20-22H2,1-10H3/t27-,33+,34+,35-/m0/s1. The fraction of sp³-hybridized carbons (Fsp3) is 0.629. The highest BCUT2D eigenvalue weighted by molar-refractivity contribution is 6.33. The monoisotopic (exact) mass is 536 g/mol. The van der Waals surface area contributed by atoms with E-state index in [0.717, 1.165) is 16.7 Å². The Morgan fingerprint density at radius 2 is 1.46 bits per heavy atom. The van der Waals surface area contributed by atoms with Gasteiger partial charge in [-0.2, -0.15) is 0 Å². The van der Waals surface area contributed by atoms with Crippen molar-refractivity contribution in [2.24, 2.45) is 22.2 Å². The summed E-state index contributed by atoms with van der Waals surface area (Å²) >= 11 is 0. The van der Waals surface area contributed by atoms with Gasteiger partial charge in [0, 0.05) is 12.0 Å². The topological polar surface area (TPSA) is 71.4 Å². The van der Waals surface area contributed by atoms with Crippen molar-refractivity contribution in [1.29, 1.82) is 0 Å². The van der Waals surface area contributed by atoms with Gasteiger partial charge in [0.1, 0.15) is 5.76 Å². The Hall–Kier alpha value is -2.49. The minimum Gasteiger partial charge on any atom is -0.511 e. The maximum atomic E-state index is 15.0. The van der Waals surface area contributed by atoms with Crippen molar-refractivity contribution in [2.75, 3.05) is 0 Å². The van der Waals surface area contributed by atoms with Gasteiger partial charge in [-0.3, -0.25) is 14.4 Å². The molecule has 0 aromatic carbocycles. The minimum absolute atomic E-state index is 0.110. The maximum Gasteiger partial charge on any atom is 0.184 e. The molecule has 0 amide bonds. The quantitative estimate of drug-likeness (QED) is 0.199. The van der Waals surface area contributed by atoms with Gasteiger partial charge in [-0.05, 0) is 112 Å². The second kappa shape index (κ2) is 12.8. The Bertz CT molecular complexity index is 1130. The maximum absolute atomic E-state index is 15.0. The normalized spacial score (nSPS) is 28.1. The number of aliphatic hydroxyl groups is 1. The first kappa shape index (κ1) is 32.7. The van der Waals surface area contributed by atoms with Crippen molar-refractivity contribution in [3.8, 4) is 0 Å². The fourth-order valence-electron chi connectivity index (χ4n) is 6.76. The predicted molar refractivity (Wildman–Crippen MR) is 161 cm³/mol. The molecule has 0 aliphatic heterocycles. The molecular weight excluding hydrogens is 484 g/mol. The van der Waals surface area contributed by atoms with Crippen LogP contribution in [-0.2, 0) is 14.4 Å². The van der Waals surface area contributed by atoms with Crippen LogP contribution in [0.15, 0.2) is 57.9 Å². The van der Waals surface area contributed by atoms with Crippen molar-refractivity contribution < 1.29 is 19.5 Å². The first-order valence-corrected chi connectivity index (χ1v) is 14.7. The lowest BCUT2D eigenvalue weighted by Crippen LogP contribution is -2.70. The molecule has 0 unspecified atom stereocenters. The molecule has 1 fully saturated rings. The first-order chi connectivity index (χ1) is 18.1. The molecule has 2 aliphatic carbocycles. The predicted octanol–water partition coefficient (Wildman–Crippen LogP) is 9.13. The summed E-state index contributed by atoms with van der Waals surface area (Å²) in [5.74, 6) is -1.34. The molecule has 1 N–H and O–H groups in total. The zero-order valence-electron chi connectivity index (χ0n) is 26.2. The lowest BCUT2D eigenvalue weighted by molar-refractivity contribution is -0.179. The van der Waals surface area contributed by atoms with Crippen molar-refractivity contribution >= 4 is 17.3 Å². The van der Waals surface area contributed by atoms with E-state index in [9.17, 15) is 19.5 Å². The summed E-state index contributed by atoms with van der Waals surface area (Å²) in [4.78, 5) is 44.1. The second-order valence-corrected chi connectivity index (χ2v) is 13.1. The van der Waals surface area contributed by atoms with Crippen LogP contribution >= 0.6 is 0 Å². The molecule has 0 spiro atoms. The smallest absolute Gasteiger partial charge is 0.184 e. The summed E-state index contributed by atoms with van der Waals surface area (Å²) in [5, 5.41) is 11.9. The third-order valence-corrected chi connectivity index (χ3v) is 8.98. The average molecular weight is 537 g/mol. The second-order valence-electron chi connectivity index (χ2n) is 13.1. The zero-order valence-corrected chi connectivity index (χ0v) is 26.2. The van der Waals surface area contributed by atoms with Crippen LogP contribution in [-0.4, -0.2) is 22.5 Å². The SMILES string of the molecule is CCCC(=O)[C@@]12C(=O)C(CC=C(C)C)=C(O)[C@@](CC=C(C)C)(C[C@H](CC=C(C)C)[C@@]1(C)CCC=C(C)C)C2=O. The van der Waals surface area contributed by atoms with Gasteiger partial charge in [0.15, 0.2) is 22.8 Å². The number of hydrogen-bond acceptors (Lipinski definition) is 4. The van der Waals surface area contributed by atoms with Crippen LogP contribution in [0.1, 0.15) is 121 Å². The largest absolute Gasteiger partial charge is 0.511 e. The Kier molecular flexibility index (Phi) is 10.7. The van der Waals surface area contributed by atoms with Crippen LogP contribution in [0.25, 0.3) is 0 Å². The van der Waals surface area contributed by atoms with E-state index in [1.807, 2.05) is 81.4 Å². The first-order valence-electron chi connectivity index (χ1n) is 14.7. The van der Waals surface area contributed by atoms with E-state index in [0.29, 0.717) is 38.5 Å². The molecule has 0 aromatic heterocycles. The van der Waals surface area contributed by atoms with Gasteiger partial charge in [-0.15, -0.1) is 0 Å². The van der Waals surface area contributed by atoms with E-state index in [2.05, 4.69) is 12.2 Å². The van der Waals surface area contributed by atoms with Gasteiger partial charge >= 0.3 is 0 Å². The number of ketones is 3. The molecule has 0 aromatic rings. The van der Waals surface area contributed by atoms with E-state index in [4.69, 9.17) is 0 Å². The summed E-state index contributed by atoms with van der Waals surface area (Å²) in [6.07, 6.45) is 11.8. The fourth-order valence-corrected chi connectivity index (χ4v) is 6.76. The highest BCUT2D eigenvalue weighted by Crippen LogP contribution is 2.67. The Morgan fingerprint density at radius 1 is 0.897 bits per heavy atom. The molecule has 4 nitrogen and oxygen atoms in total. The molecule has 4 atom stereocenters. The number of allylic oxidation sites excluding steroid dienone is 10. The van der Waals surface area contributed by atoms with Gasteiger partial charge in [0.25, 0.3) is 0 Å².